The summed E-state index contributed by atoms with van der Waals surface area (Å²) >= 11 is 0. The Labute approximate surface area is 111 Å². The molecule has 1 N–H and O–H groups in total. The predicted octanol–water partition coefficient (Wildman–Crippen LogP) is 1.86. The van der Waals surface area contributed by atoms with Crippen LogP contribution in [0.25, 0.3) is 0 Å². The average molecular weight is 260 g/mol. The summed E-state index contributed by atoms with van der Waals surface area (Å²) in [4.78, 5) is 36.7. The fraction of sp³-hybridized carbons (Fsp3) is 0.357. The van der Waals surface area contributed by atoms with E-state index in [0.29, 0.717) is 5.69 Å². The van der Waals surface area contributed by atoms with E-state index < -0.39 is 23.3 Å². The molecule has 1 fully saturated rings. The lowest BCUT2D eigenvalue weighted by Gasteiger charge is -2.34. The van der Waals surface area contributed by atoms with Crippen LogP contribution in [0.1, 0.15) is 26.3 Å². The fourth-order valence-electron chi connectivity index (χ4n) is 1.89. The van der Waals surface area contributed by atoms with Gasteiger partial charge in [0.05, 0.1) is 5.69 Å². The molecule has 19 heavy (non-hydrogen) atoms. The largest absolute Gasteiger partial charge is 0.335 e. The fourth-order valence-corrected chi connectivity index (χ4v) is 1.89. The molecule has 0 unspecified atom stereocenters. The first-order valence-corrected chi connectivity index (χ1v) is 6.17. The number of hydrogen-bond donors (Lipinski definition) is 1. The van der Waals surface area contributed by atoms with Gasteiger partial charge in [0.1, 0.15) is 5.41 Å². The monoisotopic (exact) mass is 260 g/mol. The molecule has 4 amide bonds. The lowest BCUT2D eigenvalue weighted by Crippen LogP contribution is -2.62. The van der Waals surface area contributed by atoms with Crippen LogP contribution in [0.4, 0.5) is 10.5 Å². The number of benzene rings is 1. The van der Waals surface area contributed by atoms with Crippen LogP contribution in [0.15, 0.2) is 24.3 Å². The molecule has 0 saturated carbocycles. The predicted molar refractivity (Wildman–Crippen MR) is 70.6 cm³/mol. The molecule has 1 aromatic carbocycles. The zero-order valence-corrected chi connectivity index (χ0v) is 11.2. The molecular weight excluding hydrogens is 244 g/mol. The van der Waals surface area contributed by atoms with Crippen LogP contribution in [0.2, 0.25) is 0 Å². The van der Waals surface area contributed by atoms with Crippen molar-refractivity contribution in [2.45, 2.75) is 27.2 Å². The third kappa shape index (κ3) is 2.12. The third-order valence-electron chi connectivity index (χ3n) is 3.33. The van der Waals surface area contributed by atoms with Gasteiger partial charge < -0.3 is 0 Å². The van der Waals surface area contributed by atoms with E-state index in [1.54, 1.807) is 12.1 Å². The van der Waals surface area contributed by atoms with Crippen LogP contribution in [-0.2, 0) is 16.0 Å². The maximum absolute atomic E-state index is 12.3. The average Bonchev–Trinajstić information content (AvgIpc) is 2.38. The molecule has 1 aromatic rings. The van der Waals surface area contributed by atoms with Crippen LogP contribution < -0.4 is 10.2 Å². The number of nitrogens with zero attached hydrogens (tertiary/aromatic N) is 1. The molecule has 100 valence electrons. The number of anilines is 1. The number of amides is 4. The lowest BCUT2D eigenvalue weighted by molar-refractivity contribution is -0.140. The molecule has 0 atom stereocenters. The van der Waals surface area contributed by atoms with Gasteiger partial charge >= 0.3 is 6.03 Å². The minimum Gasteiger partial charge on any atom is -0.276 e. The van der Waals surface area contributed by atoms with Crippen molar-refractivity contribution in [2.75, 3.05) is 4.90 Å². The van der Waals surface area contributed by atoms with Crippen molar-refractivity contribution in [3.8, 4) is 0 Å². The Morgan fingerprint density at radius 2 is 1.68 bits per heavy atom. The molecular formula is C14H16N2O3. The topological polar surface area (TPSA) is 66.5 Å². The zero-order chi connectivity index (χ0) is 14.2. The number of urea groups is 1. The Hall–Kier alpha value is -2.17. The standard InChI is InChI=1S/C14H16N2O3/c1-4-9-5-7-10(8-6-9)16-12(18)14(2,3)11(17)15-13(16)19/h5-8H,4H2,1-3H3,(H,15,17,19). The van der Waals surface area contributed by atoms with E-state index in [2.05, 4.69) is 5.32 Å². The second-order valence-corrected chi connectivity index (χ2v) is 5.04. The van der Waals surface area contributed by atoms with Gasteiger partial charge in [0.25, 0.3) is 0 Å². The van der Waals surface area contributed by atoms with E-state index in [0.717, 1.165) is 16.9 Å². The Bertz CT molecular complexity index is 546. The molecule has 0 radical (unpaired) electrons. The van der Waals surface area contributed by atoms with Gasteiger partial charge in [-0.15, -0.1) is 0 Å². The molecule has 2 rings (SSSR count). The van der Waals surface area contributed by atoms with E-state index in [4.69, 9.17) is 0 Å². The summed E-state index contributed by atoms with van der Waals surface area (Å²) in [6.45, 7) is 5.03. The quantitative estimate of drug-likeness (QED) is 0.825. The number of aryl methyl sites for hydroxylation is 1. The van der Waals surface area contributed by atoms with Gasteiger partial charge in [-0.1, -0.05) is 19.1 Å². The number of nitrogens with one attached hydrogen (secondary N) is 1. The maximum atomic E-state index is 12.3. The highest BCUT2D eigenvalue weighted by Gasteiger charge is 2.47. The summed E-state index contributed by atoms with van der Waals surface area (Å²) in [5.41, 5.74) is 0.348. The molecule has 0 spiro atoms. The second kappa shape index (κ2) is 4.50. The third-order valence-corrected chi connectivity index (χ3v) is 3.33. The maximum Gasteiger partial charge on any atom is 0.335 e. The summed E-state index contributed by atoms with van der Waals surface area (Å²) in [6, 6.07) is 6.45. The van der Waals surface area contributed by atoms with Crippen molar-refractivity contribution in [2.24, 2.45) is 5.41 Å². The van der Waals surface area contributed by atoms with E-state index in [1.165, 1.54) is 13.8 Å². The zero-order valence-electron chi connectivity index (χ0n) is 11.2. The van der Waals surface area contributed by atoms with Crippen LogP contribution in [0, 0.1) is 5.41 Å². The van der Waals surface area contributed by atoms with Gasteiger partial charge in [-0.25, -0.2) is 9.69 Å². The molecule has 0 bridgehead atoms. The summed E-state index contributed by atoms with van der Waals surface area (Å²) in [5.74, 6) is -1.07. The van der Waals surface area contributed by atoms with E-state index in [-0.39, 0.29) is 0 Å². The smallest absolute Gasteiger partial charge is 0.276 e. The summed E-state index contributed by atoms with van der Waals surface area (Å²) in [5, 5.41) is 2.20. The van der Waals surface area contributed by atoms with Gasteiger partial charge in [-0.2, -0.15) is 0 Å². The van der Waals surface area contributed by atoms with Gasteiger partial charge in [0.2, 0.25) is 11.8 Å². The molecule has 1 heterocycles. The number of barbiturate groups is 1. The number of carbonyl (C=O) groups is 3. The first-order valence-electron chi connectivity index (χ1n) is 6.17. The highest BCUT2D eigenvalue weighted by molar-refractivity contribution is 6.29. The first kappa shape index (κ1) is 13.3. The Balaban J connectivity index is 2.39. The van der Waals surface area contributed by atoms with Crippen molar-refractivity contribution in [1.82, 2.24) is 5.32 Å². The molecule has 0 aromatic heterocycles. The Morgan fingerprint density at radius 1 is 1.11 bits per heavy atom. The molecule has 1 saturated heterocycles. The normalized spacial score (nSPS) is 18.5. The van der Waals surface area contributed by atoms with Crippen molar-refractivity contribution in [3.63, 3.8) is 0 Å². The molecule has 5 nitrogen and oxygen atoms in total. The van der Waals surface area contributed by atoms with Crippen molar-refractivity contribution >= 4 is 23.5 Å². The minimum atomic E-state index is -1.24. The lowest BCUT2D eigenvalue weighted by atomic mass is 9.88. The summed E-state index contributed by atoms with van der Waals surface area (Å²) < 4.78 is 0. The van der Waals surface area contributed by atoms with Crippen LogP contribution in [0.3, 0.4) is 0 Å². The number of imide groups is 2. The number of rotatable bonds is 2. The molecule has 5 heteroatoms. The van der Waals surface area contributed by atoms with Gasteiger partial charge in [0, 0.05) is 0 Å². The number of carbonyl (C=O) groups excluding carboxylic acids is 3. The highest BCUT2D eigenvalue weighted by atomic mass is 16.2. The van der Waals surface area contributed by atoms with Crippen LogP contribution in [0.5, 0.6) is 0 Å². The van der Waals surface area contributed by atoms with Crippen molar-refractivity contribution in [1.29, 1.82) is 0 Å². The molecule has 1 aliphatic rings. The van der Waals surface area contributed by atoms with E-state index in [9.17, 15) is 14.4 Å². The van der Waals surface area contributed by atoms with Gasteiger partial charge in [-0.3, -0.25) is 14.9 Å². The second-order valence-electron chi connectivity index (χ2n) is 5.04. The van der Waals surface area contributed by atoms with Crippen molar-refractivity contribution in [3.05, 3.63) is 29.8 Å². The van der Waals surface area contributed by atoms with Gasteiger partial charge in [0.15, 0.2) is 0 Å². The van der Waals surface area contributed by atoms with Gasteiger partial charge in [-0.05, 0) is 38.0 Å². The first-order chi connectivity index (χ1) is 8.87. The molecule has 1 aliphatic heterocycles. The summed E-state index contributed by atoms with van der Waals surface area (Å²) in [6.07, 6.45) is 0.879. The van der Waals surface area contributed by atoms with Crippen LogP contribution in [-0.4, -0.2) is 17.8 Å². The molecule has 0 aliphatic carbocycles. The SMILES string of the molecule is CCc1ccc(N2C(=O)NC(=O)C(C)(C)C2=O)cc1. The summed E-state index contributed by atoms with van der Waals surface area (Å²) in [7, 11) is 0. The van der Waals surface area contributed by atoms with Crippen LogP contribution >= 0.6 is 0 Å². The minimum absolute atomic E-state index is 0.472. The van der Waals surface area contributed by atoms with E-state index in [1.807, 2.05) is 19.1 Å². The van der Waals surface area contributed by atoms with Crippen molar-refractivity contribution < 1.29 is 14.4 Å². The number of hydrogen-bond acceptors (Lipinski definition) is 3. The Kier molecular flexibility index (Phi) is 3.14. The van der Waals surface area contributed by atoms with E-state index >= 15 is 0 Å². The highest BCUT2D eigenvalue weighted by Crippen LogP contribution is 2.28. The Morgan fingerprint density at radius 3 is 2.21 bits per heavy atom.